The van der Waals surface area contributed by atoms with Gasteiger partial charge in [0.2, 0.25) is 0 Å². The minimum absolute atomic E-state index is 0.0336. The van der Waals surface area contributed by atoms with Gasteiger partial charge in [0.15, 0.2) is 11.5 Å². The molecular formula is C27H35N3O5. The zero-order chi connectivity index (χ0) is 25.0. The van der Waals surface area contributed by atoms with Gasteiger partial charge in [-0.1, -0.05) is 6.07 Å². The van der Waals surface area contributed by atoms with E-state index in [0.29, 0.717) is 23.9 Å². The Morgan fingerprint density at radius 3 is 2.49 bits per heavy atom. The van der Waals surface area contributed by atoms with E-state index in [4.69, 9.17) is 14.2 Å². The molecule has 8 nitrogen and oxygen atoms in total. The lowest BCUT2D eigenvalue weighted by Crippen LogP contribution is -2.52. The number of ether oxygens (including phenoxy) is 3. The third-order valence-electron chi connectivity index (χ3n) is 7.47. The summed E-state index contributed by atoms with van der Waals surface area (Å²) in [5, 5.41) is 6.04. The Hall–Kier alpha value is -3.26. The number of likely N-dealkylation sites (tertiary alicyclic amines) is 1. The summed E-state index contributed by atoms with van der Waals surface area (Å²) in [5.74, 6) is 1.11. The second-order valence-corrected chi connectivity index (χ2v) is 9.34. The first-order valence-electron chi connectivity index (χ1n) is 12.2. The Labute approximate surface area is 206 Å². The van der Waals surface area contributed by atoms with Crippen LogP contribution >= 0.6 is 0 Å². The summed E-state index contributed by atoms with van der Waals surface area (Å²) in [7, 11) is 5.49. The number of amides is 2. The SMILES string of the molecule is CCOC(=O)c1ccc(NC(=O)N[C@H]2CC[C@@]3(c4ccc(OC)c(OC)c4)CCN(C)[C@@H]3C2)cc1. The number of methoxy groups -OCH3 is 2. The fourth-order valence-corrected chi connectivity index (χ4v) is 5.65. The van der Waals surface area contributed by atoms with E-state index < -0.39 is 0 Å². The molecule has 2 amide bonds. The van der Waals surface area contributed by atoms with Crippen molar-refractivity contribution >= 4 is 17.7 Å². The number of benzene rings is 2. The molecule has 8 heteroatoms. The number of carbonyl (C=O) groups excluding carboxylic acids is 2. The maximum absolute atomic E-state index is 12.7. The number of hydrogen-bond acceptors (Lipinski definition) is 6. The summed E-state index contributed by atoms with van der Waals surface area (Å²) in [6.45, 7) is 3.11. The highest BCUT2D eigenvalue weighted by molar-refractivity contribution is 5.92. The van der Waals surface area contributed by atoms with Gasteiger partial charge in [-0.05, 0) is 88.2 Å². The van der Waals surface area contributed by atoms with Gasteiger partial charge in [-0.2, -0.15) is 0 Å². The summed E-state index contributed by atoms with van der Waals surface area (Å²) in [5.41, 5.74) is 2.39. The normalized spacial score (nSPS) is 23.8. The molecule has 1 saturated heterocycles. The van der Waals surface area contributed by atoms with E-state index in [0.717, 1.165) is 43.7 Å². The van der Waals surface area contributed by atoms with E-state index in [1.165, 1.54) is 5.56 Å². The highest BCUT2D eigenvalue weighted by atomic mass is 16.5. The van der Waals surface area contributed by atoms with Crippen LogP contribution in [0.1, 0.15) is 48.5 Å². The molecule has 0 spiro atoms. The largest absolute Gasteiger partial charge is 0.493 e. The molecule has 2 aromatic rings. The van der Waals surface area contributed by atoms with Crippen LogP contribution < -0.4 is 20.1 Å². The van der Waals surface area contributed by atoms with Crippen molar-refractivity contribution in [2.75, 3.05) is 39.7 Å². The number of hydrogen-bond donors (Lipinski definition) is 2. The summed E-state index contributed by atoms with van der Waals surface area (Å²) >= 11 is 0. The summed E-state index contributed by atoms with van der Waals surface area (Å²) in [6, 6.07) is 13.1. The van der Waals surface area contributed by atoms with Crippen LogP contribution in [0.5, 0.6) is 11.5 Å². The molecule has 4 rings (SSSR count). The number of likely N-dealkylation sites (N-methyl/N-ethyl adjacent to an activating group) is 1. The molecule has 1 aliphatic carbocycles. The lowest BCUT2D eigenvalue weighted by Gasteiger charge is -2.45. The summed E-state index contributed by atoms with van der Waals surface area (Å²) < 4.78 is 16.0. The highest BCUT2D eigenvalue weighted by Gasteiger charge is 2.50. The standard InChI is InChI=1S/C27H35N3O5/c1-5-35-25(31)18-6-9-20(10-7-18)28-26(32)29-21-12-13-27(14-15-30(2)24(27)17-21)19-8-11-22(33-3)23(16-19)34-4/h6-11,16,21,24H,5,12-15,17H2,1-4H3,(H2,28,29,32)/t21-,24+,27-/m0/s1. The Balaban J connectivity index is 1.41. The first-order chi connectivity index (χ1) is 16.9. The van der Waals surface area contributed by atoms with E-state index in [2.05, 4.69) is 34.7 Å². The van der Waals surface area contributed by atoms with Gasteiger partial charge in [-0.3, -0.25) is 0 Å². The predicted octanol–water partition coefficient (Wildman–Crippen LogP) is 4.20. The van der Waals surface area contributed by atoms with Gasteiger partial charge in [-0.25, -0.2) is 9.59 Å². The third-order valence-corrected chi connectivity index (χ3v) is 7.47. The van der Waals surface area contributed by atoms with Crippen molar-refractivity contribution in [2.45, 2.75) is 50.1 Å². The number of carbonyl (C=O) groups is 2. The molecule has 3 atom stereocenters. The summed E-state index contributed by atoms with van der Waals surface area (Å²) in [6.07, 6.45) is 3.83. The van der Waals surface area contributed by atoms with Crippen LogP contribution in [0.4, 0.5) is 10.5 Å². The van der Waals surface area contributed by atoms with Gasteiger partial charge in [-0.15, -0.1) is 0 Å². The van der Waals surface area contributed by atoms with E-state index in [1.807, 2.05) is 6.07 Å². The Morgan fingerprint density at radius 2 is 1.80 bits per heavy atom. The molecule has 0 unspecified atom stereocenters. The lowest BCUT2D eigenvalue weighted by molar-refractivity contribution is 0.0526. The molecule has 0 radical (unpaired) electrons. The minimum atomic E-state index is -0.371. The van der Waals surface area contributed by atoms with Crippen LogP contribution in [0.15, 0.2) is 42.5 Å². The zero-order valence-corrected chi connectivity index (χ0v) is 20.9. The van der Waals surface area contributed by atoms with E-state index in [-0.39, 0.29) is 23.5 Å². The van der Waals surface area contributed by atoms with Gasteiger partial charge < -0.3 is 29.7 Å². The maximum atomic E-state index is 12.7. The van der Waals surface area contributed by atoms with Gasteiger partial charge in [0.25, 0.3) is 0 Å². The molecule has 35 heavy (non-hydrogen) atoms. The molecule has 1 heterocycles. The third kappa shape index (κ3) is 5.07. The van der Waals surface area contributed by atoms with Crippen molar-refractivity contribution in [3.05, 3.63) is 53.6 Å². The van der Waals surface area contributed by atoms with Crippen molar-refractivity contribution < 1.29 is 23.8 Å². The van der Waals surface area contributed by atoms with Crippen LogP contribution in [0, 0.1) is 0 Å². The molecule has 0 bridgehead atoms. The molecule has 2 aromatic carbocycles. The lowest BCUT2D eigenvalue weighted by atomic mass is 9.65. The molecule has 2 fully saturated rings. The molecule has 0 aromatic heterocycles. The molecule has 1 saturated carbocycles. The van der Waals surface area contributed by atoms with Crippen molar-refractivity contribution in [1.82, 2.24) is 10.2 Å². The fraction of sp³-hybridized carbons (Fsp3) is 0.481. The van der Waals surface area contributed by atoms with Crippen molar-refractivity contribution in [3.8, 4) is 11.5 Å². The highest BCUT2D eigenvalue weighted by Crippen LogP contribution is 2.49. The van der Waals surface area contributed by atoms with Gasteiger partial charge in [0.1, 0.15) is 0 Å². The predicted molar refractivity (Wildman–Crippen MR) is 134 cm³/mol. The van der Waals surface area contributed by atoms with Crippen molar-refractivity contribution in [1.29, 1.82) is 0 Å². The van der Waals surface area contributed by atoms with Gasteiger partial charge >= 0.3 is 12.0 Å². The smallest absolute Gasteiger partial charge is 0.338 e. The monoisotopic (exact) mass is 481 g/mol. The van der Waals surface area contributed by atoms with Gasteiger partial charge in [0, 0.05) is 23.2 Å². The maximum Gasteiger partial charge on any atom is 0.338 e. The zero-order valence-electron chi connectivity index (χ0n) is 20.9. The topological polar surface area (TPSA) is 89.1 Å². The Kier molecular flexibility index (Phi) is 7.50. The average molecular weight is 482 g/mol. The van der Waals surface area contributed by atoms with E-state index in [1.54, 1.807) is 45.4 Å². The second-order valence-electron chi connectivity index (χ2n) is 9.34. The van der Waals surface area contributed by atoms with Crippen molar-refractivity contribution in [2.24, 2.45) is 0 Å². The molecule has 1 aliphatic heterocycles. The van der Waals surface area contributed by atoms with Crippen LogP contribution in [0.2, 0.25) is 0 Å². The number of rotatable bonds is 7. The summed E-state index contributed by atoms with van der Waals surface area (Å²) in [4.78, 5) is 27.0. The van der Waals surface area contributed by atoms with E-state index in [9.17, 15) is 9.59 Å². The first-order valence-corrected chi connectivity index (χ1v) is 12.2. The number of nitrogens with zero attached hydrogens (tertiary/aromatic N) is 1. The van der Waals surface area contributed by atoms with Crippen LogP contribution in [0.25, 0.3) is 0 Å². The first kappa shape index (κ1) is 24.9. The van der Waals surface area contributed by atoms with Crippen molar-refractivity contribution in [3.63, 3.8) is 0 Å². The number of esters is 1. The molecular weight excluding hydrogens is 446 g/mol. The van der Waals surface area contributed by atoms with Gasteiger partial charge in [0.05, 0.1) is 26.4 Å². The molecule has 2 aliphatic rings. The quantitative estimate of drug-likeness (QED) is 0.577. The number of anilines is 1. The second kappa shape index (κ2) is 10.6. The van der Waals surface area contributed by atoms with Crippen LogP contribution in [0.3, 0.4) is 0 Å². The number of fused-ring (bicyclic) bond motifs is 1. The number of nitrogens with one attached hydrogen (secondary N) is 2. The Bertz CT molecular complexity index is 1060. The minimum Gasteiger partial charge on any atom is -0.493 e. The van der Waals surface area contributed by atoms with Crippen LogP contribution in [-0.4, -0.2) is 63.4 Å². The Morgan fingerprint density at radius 1 is 1.06 bits per heavy atom. The average Bonchev–Trinajstić information content (AvgIpc) is 3.21. The van der Waals surface area contributed by atoms with E-state index >= 15 is 0 Å². The van der Waals surface area contributed by atoms with Crippen LogP contribution in [-0.2, 0) is 10.2 Å². The molecule has 2 N–H and O–H groups in total. The number of urea groups is 1. The fourth-order valence-electron chi connectivity index (χ4n) is 5.65. The molecule has 188 valence electrons.